The quantitative estimate of drug-likeness (QED) is 0.501. The van der Waals surface area contributed by atoms with Crippen LogP contribution in [0.25, 0.3) is 11.4 Å². The predicted molar refractivity (Wildman–Crippen MR) is 104 cm³/mol. The number of carbonyl (C=O) groups is 2. The molecule has 2 aromatic carbocycles. The Morgan fingerprint density at radius 2 is 1.81 bits per heavy atom. The molecule has 8 heteroatoms. The third-order valence-corrected chi connectivity index (χ3v) is 4.70. The Morgan fingerprint density at radius 1 is 1.11 bits per heavy atom. The largest absolute Gasteiger partial charge is 0.465 e. The minimum Gasteiger partial charge on any atom is -0.465 e. The third-order valence-electron chi connectivity index (χ3n) is 3.74. The van der Waals surface area contributed by atoms with Crippen molar-refractivity contribution in [3.63, 3.8) is 0 Å². The van der Waals surface area contributed by atoms with Crippen LogP contribution in [0.4, 0.5) is 5.69 Å². The van der Waals surface area contributed by atoms with Crippen molar-refractivity contribution in [3.05, 3.63) is 60.2 Å². The van der Waals surface area contributed by atoms with Gasteiger partial charge in [-0.1, -0.05) is 42.1 Å². The molecule has 1 amide bonds. The number of hydrogen-bond acceptors (Lipinski definition) is 6. The number of benzene rings is 2. The van der Waals surface area contributed by atoms with Crippen LogP contribution in [0.2, 0.25) is 0 Å². The second-order valence-corrected chi connectivity index (χ2v) is 6.96. The van der Waals surface area contributed by atoms with E-state index in [0.717, 1.165) is 5.56 Å². The number of nitrogens with zero attached hydrogens (tertiary/aromatic N) is 2. The second-order valence-electron chi connectivity index (χ2n) is 5.65. The maximum Gasteiger partial charge on any atom is 0.337 e. The predicted octanol–water partition coefficient (Wildman–Crippen LogP) is 3.38. The summed E-state index contributed by atoms with van der Waals surface area (Å²) in [5, 5.41) is 9.95. The van der Waals surface area contributed by atoms with E-state index < -0.39 is 11.2 Å². The van der Waals surface area contributed by atoms with Crippen molar-refractivity contribution in [3.8, 4) is 11.4 Å². The van der Waals surface area contributed by atoms with Gasteiger partial charge in [-0.3, -0.25) is 9.89 Å². The number of rotatable bonds is 6. The first-order valence-electron chi connectivity index (χ1n) is 8.20. The van der Waals surface area contributed by atoms with E-state index in [1.807, 2.05) is 30.3 Å². The summed E-state index contributed by atoms with van der Waals surface area (Å²) in [6.45, 7) is 1.78. The highest BCUT2D eigenvalue weighted by Gasteiger charge is 2.18. The number of aromatic amines is 1. The normalized spacial score (nSPS) is 11.6. The van der Waals surface area contributed by atoms with Crippen molar-refractivity contribution >= 4 is 29.3 Å². The summed E-state index contributed by atoms with van der Waals surface area (Å²) in [6, 6.07) is 16.1. The maximum absolute atomic E-state index is 12.4. The molecule has 0 aliphatic rings. The Hall–Kier alpha value is -3.13. The molecular formula is C19H18N4O3S. The van der Waals surface area contributed by atoms with Crippen molar-refractivity contribution in [2.24, 2.45) is 0 Å². The standard InChI is InChI=1S/C19H18N4O3S/c1-12(17(24)20-15-10-8-14(9-11-15)18(25)26-2)27-19-21-16(22-23-19)13-6-4-3-5-7-13/h3-12H,1-2H3,(H,20,24)(H,21,22,23). The average Bonchev–Trinajstić information content (AvgIpc) is 3.17. The van der Waals surface area contributed by atoms with Gasteiger partial charge in [0, 0.05) is 11.3 Å². The van der Waals surface area contributed by atoms with Crippen LogP contribution in [0.1, 0.15) is 17.3 Å². The molecule has 2 N–H and O–H groups in total. The number of anilines is 1. The van der Waals surface area contributed by atoms with Crippen molar-refractivity contribution in [1.82, 2.24) is 15.2 Å². The SMILES string of the molecule is COC(=O)c1ccc(NC(=O)C(C)Sc2n[nH]c(-c3ccccc3)n2)cc1. The zero-order valence-corrected chi connectivity index (χ0v) is 15.6. The molecule has 0 radical (unpaired) electrons. The number of aromatic nitrogens is 3. The van der Waals surface area contributed by atoms with Gasteiger partial charge in [-0.2, -0.15) is 0 Å². The van der Waals surface area contributed by atoms with Gasteiger partial charge in [-0.05, 0) is 31.2 Å². The number of nitrogens with one attached hydrogen (secondary N) is 2. The molecule has 138 valence electrons. The van der Waals surface area contributed by atoms with E-state index in [-0.39, 0.29) is 5.91 Å². The highest BCUT2D eigenvalue weighted by Crippen LogP contribution is 2.23. The molecule has 1 atom stereocenters. The molecule has 0 spiro atoms. The molecule has 0 aliphatic heterocycles. The second kappa shape index (κ2) is 8.50. The third kappa shape index (κ3) is 4.73. The van der Waals surface area contributed by atoms with Crippen LogP contribution in [0.15, 0.2) is 59.8 Å². The van der Waals surface area contributed by atoms with Crippen LogP contribution in [-0.2, 0) is 9.53 Å². The first kappa shape index (κ1) is 18.7. The molecular weight excluding hydrogens is 364 g/mol. The summed E-state index contributed by atoms with van der Waals surface area (Å²) in [7, 11) is 1.32. The fraction of sp³-hybridized carbons (Fsp3) is 0.158. The molecule has 1 heterocycles. The van der Waals surface area contributed by atoms with Crippen molar-refractivity contribution < 1.29 is 14.3 Å². The van der Waals surface area contributed by atoms with Crippen molar-refractivity contribution in [1.29, 1.82) is 0 Å². The highest BCUT2D eigenvalue weighted by molar-refractivity contribution is 8.00. The number of hydrogen-bond donors (Lipinski definition) is 2. The van der Waals surface area contributed by atoms with E-state index in [2.05, 4.69) is 25.2 Å². The molecule has 1 aromatic heterocycles. The number of carbonyl (C=O) groups excluding carboxylic acids is 2. The van der Waals surface area contributed by atoms with Gasteiger partial charge >= 0.3 is 5.97 Å². The van der Waals surface area contributed by atoms with Crippen LogP contribution >= 0.6 is 11.8 Å². The van der Waals surface area contributed by atoms with Gasteiger partial charge in [0.2, 0.25) is 11.1 Å². The van der Waals surface area contributed by atoms with Crippen LogP contribution in [0, 0.1) is 0 Å². The van der Waals surface area contributed by atoms with Gasteiger partial charge in [0.05, 0.1) is 17.9 Å². The van der Waals surface area contributed by atoms with E-state index in [1.165, 1.54) is 18.9 Å². The van der Waals surface area contributed by atoms with Crippen molar-refractivity contribution in [2.45, 2.75) is 17.3 Å². The first-order chi connectivity index (χ1) is 13.1. The molecule has 0 fully saturated rings. The minimum absolute atomic E-state index is 0.183. The van der Waals surface area contributed by atoms with E-state index in [4.69, 9.17) is 0 Å². The fourth-order valence-electron chi connectivity index (χ4n) is 2.29. The number of methoxy groups -OCH3 is 1. The van der Waals surface area contributed by atoms with Gasteiger partial charge in [-0.15, -0.1) is 5.10 Å². The molecule has 27 heavy (non-hydrogen) atoms. The average molecular weight is 382 g/mol. The smallest absolute Gasteiger partial charge is 0.337 e. The molecule has 3 aromatic rings. The summed E-state index contributed by atoms with van der Waals surface area (Å²) < 4.78 is 4.65. The van der Waals surface area contributed by atoms with Crippen LogP contribution in [-0.4, -0.2) is 39.4 Å². The lowest BCUT2D eigenvalue weighted by Crippen LogP contribution is -2.22. The van der Waals surface area contributed by atoms with Gasteiger partial charge in [-0.25, -0.2) is 9.78 Å². The number of amides is 1. The summed E-state index contributed by atoms with van der Waals surface area (Å²) in [5.74, 6) is 0.0524. The molecule has 0 saturated heterocycles. The van der Waals surface area contributed by atoms with Gasteiger partial charge in [0.25, 0.3) is 0 Å². The summed E-state index contributed by atoms with van der Waals surface area (Å²) in [6.07, 6.45) is 0. The topological polar surface area (TPSA) is 97.0 Å². The molecule has 3 rings (SSSR count). The zero-order chi connectivity index (χ0) is 19.2. The Balaban J connectivity index is 1.59. The van der Waals surface area contributed by atoms with E-state index in [0.29, 0.717) is 22.2 Å². The zero-order valence-electron chi connectivity index (χ0n) is 14.8. The lowest BCUT2D eigenvalue weighted by atomic mass is 10.2. The molecule has 0 bridgehead atoms. The highest BCUT2D eigenvalue weighted by atomic mass is 32.2. The van der Waals surface area contributed by atoms with Crippen LogP contribution in [0.3, 0.4) is 0 Å². The first-order valence-corrected chi connectivity index (χ1v) is 9.08. The van der Waals surface area contributed by atoms with Gasteiger partial charge in [0.1, 0.15) is 0 Å². The van der Waals surface area contributed by atoms with Crippen LogP contribution in [0.5, 0.6) is 0 Å². The Morgan fingerprint density at radius 3 is 2.48 bits per heavy atom. The van der Waals surface area contributed by atoms with E-state index >= 15 is 0 Å². The molecule has 0 aliphatic carbocycles. The maximum atomic E-state index is 12.4. The Kier molecular flexibility index (Phi) is 5.87. The van der Waals surface area contributed by atoms with E-state index in [9.17, 15) is 9.59 Å². The molecule has 0 saturated carbocycles. The van der Waals surface area contributed by atoms with Gasteiger partial charge in [0.15, 0.2) is 5.82 Å². The lowest BCUT2D eigenvalue weighted by Gasteiger charge is -2.10. The number of ether oxygens (including phenoxy) is 1. The minimum atomic E-state index is -0.421. The van der Waals surface area contributed by atoms with Crippen molar-refractivity contribution in [2.75, 3.05) is 12.4 Å². The number of esters is 1. The molecule has 1 unspecified atom stereocenters. The number of H-pyrrole nitrogens is 1. The van der Waals surface area contributed by atoms with E-state index in [1.54, 1.807) is 31.2 Å². The Labute approximate surface area is 160 Å². The number of thioether (sulfide) groups is 1. The molecule has 7 nitrogen and oxygen atoms in total. The summed E-state index contributed by atoms with van der Waals surface area (Å²) in [5.41, 5.74) is 1.95. The lowest BCUT2D eigenvalue weighted by molar-refractivity contribution is -0.115. The monoisotopic (exact) mass is 382 g/mol. The fourth-order valence-corrected chi connectivity index (χ4v) is 3.01. The Bertz CT molecular complexity index is 926. The summed E-state index contributed by atoms with van der Waals surface area (Å²) >= 11 is 1.26. The van der Waals surface area contributed by atoms with Crippen LogP contribution < -0.4 is 5.32 Å². The van der Waals surface area contributed by atoms with Gasteiger partial charge < -0.3 is 10.1 Å². The summed E-state index contributed by atoms with van der Waals surface area (Å²) in [4.78, 5) is 28.2.